The summed E-state index contributed by atoms with van der Waals surface area (Å²) >= 11 is 1.41. The van der Waals surface area contributed by atoms with Crippen LogP contribution in [0.5, 0.6) is 5.75 Å². The molecular formula is C20H25N3O3S. The average Bonchev–Trinajstić information content (AvgIpc) is 3.29. The van der Waals surface area contributed by atoms with Gasteiger partial charge in [0.25, 0.3) is 0 Å². The topological polar surface area (TPSA) is 86.5 Å². The Bertz CT molecular complexity index is 879. The number of anilines is 1. The molecule has 2 heterocycles. The first-order chi connectivity index (χ1) is 12.8. The van der Waals surface area contributed by atoms with Crippen LogP contribution in [0.2, 0.25) is 0 Å². The fourth-order valence-electron chi connectivity index (χ4n) is 3.84. The van der Waals surface area contributed by atoms with E-state index in [1.54, 1.807) is 0 Å². The normalized spacial score (nSPS) is 25.4. The SMILES string of the molecule is CCOC1CC(N)(C(=O)Nc2nc(-c3ccc4c(c3)CCO4)cs2)C1(C)C. The number of ether oxygens (including phenoxy) is 2. The molecule has 0 bridgehead atoms. The second kappa shape index (κ2) is 6.58. The van der Waals surface area contributed by atoms with Crippen molar-refractivity contribution in [2.75, 3.05) is 18.5 Å². The van der Waals surface area contributed by atoms with Gasteiger partial charge in [0.2, 0.25) is 5.91 Å². The van der Waals surface area contributed by atoms with Gasteiger partial charge in [-0.15, -0.1) is 11.3 Å². The van der Waals surface area contributed by atoms with Crippen LogP contribution in [0.4, 0.5) is 5.13 Å². The smallest absolute Gasteiger partial charge is 0.246 e. The second-order valence-corrected chi connectivity index (χ2v) is 8.61. The minimum atomic E-state index is -0.955. The van der Waals surface area contributed by atoms with Crippen molar-refractivity contribution in [3.05, 3.63) is 29.1 Å². The van der Waals surface area contributed by atoms with Crippen LogP contribution >= 0.6 is 11.3 Å². The Morgan fingerprint density at radius 3 is 3.04 bits per heavy atom. The minimum Gasteiger partial charge on any atom is -0.493 e. The molecule has 144 valence electrons. The number of nitrogens with two attached hydrogens (primary N) is 1. The number of thiazole rings is 1. The molecule has 0 radical (unpaired) electrons. The molecule has 2 unspecified atom stereocenters. The molecule has 1 aromatic heterocycles. The molecule has 1 saturated carbocycles. The highest BCUT2D eigenvalue weighted by Crippen LogP contribution is 2.50. The zero-order valence-corrected chi connectivity index (χ0v) is 16.7. The van der Waals surface area contributed by atoms with Crippen LogP contribution in [0.25, 0.3) is 11.3 Å². The highest BCUT2D eigenvalue weighted by Gasteiger charge is 2.63. The van der Waals surface area contributed by atoms with Crippen molar-refractivity contribution >= 4 is 22.4 Å². The van der Waals surface area contributed by atoms with E-state index < -0.39 is 11.0 Å². The fraction of sp³-hybridized carbons (Fsp3) is 0.500. The third-order valence-corrected chi connectivity index (χ3v) is 6.70. The molecule has 27 heavy (non-hydrogen) atoms. The highest BCUT2D eigenvalue weighted by molar-refractivity contribution is 7.14. The number of hydrogen-bond donors (Lipinski definition) is 2. The molecule has 7 heteroatoms. The van der Waals surface area contributed by atoms with E-state index in [2.05, 4.69) is 16.4 Å². The van der Waals surface area contributed by atoms with E-state index in [1.165, 1.54) is 16.9 Å². The quantitative estimate of drug-likeness (QED) is 0.823. The number of hydrogen-bond acceptors (Lipinski definition) is 6. The van der Waals surface area contributed by atoms with Crippen molar-refractivity contribution in [1.29, 1.82) is 0 Å². The first kappa shape index (κ1) is 18.4. The summed E-state index contributed by atoms with van der Waals surface area (Å²) in [4.78, 5) is 17.4. The van der Waals surface area contributed by atoms with E-state index in [9.17, 15) is 4.79 Å². The van der Waals surface area contributed by atoms with Crippen molar-refractivity contribution < 1.29 is 14.3 Å². The molecule has 2 atom stereocenters. The van der Waals surface area contributed by atoms with E-state index in [-0.39, 0.29) is 12.0 Å². The summed E-state index contributed by atoms with van der Waals surface area (Å²) in [5, 5.41) is 5.42. The lowest BCUT2D eigenvalue weighted by molar-refractivity contribution is -0.166. The standard InChI is InChI=1S/C20H25N3O3S/c1-4-25-16-10-20(21,19(16,2)3)17(24)23-18-22-14(11-27-18)12-5-6-15-13(9-12)7-8-26-15/h5-6,9,11,16H,4,7-8,10,21H2,1-3H3,(H,22,23,24). The number of nitrogens with zero attached hydrogens (tertiary/aromatic N) is 1. The van der Waals surface area contributed by atoms with E-state index in [1.807, 2.05) is 38.3 Å². The van der Waals surface area contributed by atoms with Crippen molar-refractivity contribution in [1.82, 2.24) is 4.98 Å². The lowest BCUT2D eigenvalue weighted by atomic mass is 9.54. The Morgan fingerprint density at radius 1 is 1.48 bits per heavy atom. The maximum absolute atomic E-state index is 12.8. The number of carbonyl (C=O) groups excluding carboxylic acids is 1. The molecule has 3 N–H and O–H groups in total. The van der Waals surface area contributed by atoms with E-state index in [0.29, 0.717) is 18.2 Å². The van der Waals surface area contributed by atoms with Gasteiger partial charge in [-0.25, -0.2) is 4.98 Å². The van der Waals surface area contributed by atoms with Gasteiger partial charge in [0.1, 0.15) is 11.3 Å². The molecule has 2 aliphatic rings. The van der Waals surface area contributed by atoms with Crippen molar-refractivity contribution in [3.63, 3.8) is 0 Å². The predicted octanol–water partition coefficient (Wildman–Crippen LogP) is 3.22. The number of aromatic nitrogens is 1. The van der Waals surface area contributed by atoms with Crippen LogP contribution < -0.4 is 15.8 Å². The molecule has 6 nitrogen and oxygen atoms in total. The third kappa shape index (κ3) is 2.94. The van der Waals surface area contributed by atoms with Crippen LogP contribution in [0, 0.1) is 5.41 Å². The third-order valence-electron chi connectivity index (χ3n) is 5.95. The zero-order chi connectivity index (χ0) is 19.2. The van der Waals surface area contributed by atoms with Crippen LogP contribution in [0.15, 0.2) is 23.6 Å². The number of carbonyl (C=O) groups is 1. The van der Waals surface area contributed by atoms with Gasteiger partial charge in [0.05, 0.1) is 18.4 Å². The summed E-state index contributed by atoms with van der Waals surface area (Å²) in [6, 6.07) is 6.08. The number of fused-ring (bicyclic) bond motifs is 1. The molecule has 1 fully saturated rings. The molecule has 0 spiro atoms. The lowest BCUT2D eigenvalue weighted by Gasteiger charge is -2.57. The summed E-state index contributed by atoms with van der Waals surface area (Å²) in [6.07, 6.45) is 1.43. The lowest BCUT2D eigenvalue weighted by Crippen LogP contribution is -2.74. The predicted molar refractivity (Wildman–Crippen MR) is 106 cm³/mol. The number of benzene rings is 1. The monoisotopic (exact) mass is 387 g/mol. The molecule has 0 saturated heterocycles. The second-order valence-electron chi connectivity index (χ2n) is 7.75. The molecule has 4 rings (SSSR count). The molecule has 2 aromatic rings. The van der Waals surface area contributed by atoms with E-state index >= 15 is 0 Å². The molecular weight excluding hydrogens is 362 g/mol. The largest absolute Gasteiger partial charge is 0.493 e. The molecule has 1 aliphatic heterocycles. The van der Waals surface area contributed by atoms with Crippen LogP contribution in [0.3, 0.4) is 0 Å². The Labute approximate surface area is 163 Å². The van der Waals surface area contributed by atoms with Gasteiger partial charge in [-0.3, -0.25) is 4.79 Å². The number of rotatable bonds is 5. The molecule has 1 amide bonds. The Balaban J connectivity index is 1.48. The van der Waals surface area contributed by atoms with Crippen molar-refractivity contribution in [2.24, 2.45) is 11.1 Å². The van der Waals surface area contributed by atoms with Gasteiger partial charge >= 0.3 is 0 Å². The van der Waals surface area contributed by atoms with Crippen LogP contribution in [0.1, 0.15) is 32.8 Å². The van der Waals surface area contributed by atoms with Gasteiger partial charge in [0, 0.05) is 35.8 Å². The summed E-state index contributed by atoms with van der Waals surface area (Å²) in [5.74, 6) is 0.746. The number of nitrogens with one attached hydrogen (secondary N) is 1. The Hall–Kier alpha value is -1.96. The van der Waals surface area contributed by atoms with Gasteiger partial charge in [0.15, 0.2) is 5.13 Å². The van der Waals surface area contributed by atoms with Gasteiger partial charge < -0.3 is 20.5 Å². The minimum absolute atomic E-state index is 0.00117. The summed E-state index contributed by atoms with van der Waals surface area (Å²) in [5.41, 5.74) is 8.13. The fourth-order valence-corrected chi connectivity index (χ4v) is 4.55. The summed E-state index contributed by atoms with van der Waals surface area (Å²) < 4.78 is 11.3. The van der Waals surface area contributed by atoms with E-state index in [4.69, 9.17) is 15.2 Å². The molecule has 1 aliphatic carbocycles. The van der Waals surface area contributed by atoms with Gasteiger partial charge in [-0.1, -0.05) is 13.8 Å². The van der Waals surface area contributed by atoms with Gasteiger partial charge in [-0.05, 0) is 30.7 Å². The maximum atomic E-state index is 12.8. The van der Waals surface area contributed by atoms with Crippen LogP contribution in [-0.4, -0.2) is 35.7 Å². The summed E-state index contributed by atoms with van der Waals surface area (Å²) in [7, 11) is 0. The Kier molecular flexibility index (Phi) is 4.49. The zero-order valence-electron chi connectivity index (χ0n) is 15.9. The average molecular weight is 388 g/mol. The van der Waals surface area contributed by atoms with E-state index in [0.717, 1.165) is 30.0 Å². The van der Waals surface area contributed by atoms with Crippen molar-refractivity contribution in [2.45, 2.75) is 45.3 Å². The first-order valence-corrected chi connectivity index (χ1v) is 10.2. The summed E-state index contributed by atoms with van der Waals surface area (Å²) in [6.45, 7) is 7.27. The molecule has 1 aromatic carbocycles. The maximum Gasteiger partial charge on any atom is 0.246 e. The first-order valence-electron chi connectivity index (χ1n) is 9.28. The Morgan fingerprint density at radius 2 is 2.30 bits per heavy atom. The van der Waals surface area contributed by atoms with Crippen molar-refractivity contribution in [3.8, 4) is 17.0 Å². The number of amides is 1. The van der Waals surface area contributed by atoms with Crippen LogP contribution in [-0.2, 0) is 16.0 Å². The highest BCUT2D eigenvalue weighted by atomic mass is 32.1. The van der Waals surface area contributed by atoms with Gasteiger partial charge in [-0.2, -0.15) is 0 Å².